The molecule has 1 aromatic heterocycles. The van der Waals surface area contributed by atoms with Crippen LogP contribution in [0.5, 0.6) is 0 Å². The van der Waals surface area contributed by atoms with Gasteiger partial charge in [0.25, 0.3) is 0 Å². The highest BCUT2D eigenvalue weighted by molar-refractivity contribution is 5.89. The Morgan fingerprint density at radius 2 is 2.11 bits per heavy atom. The molecule has 0 unspecified atom stereocenters. The number of carbonyl (C=O) groups is 2. The third-order valence-electron chi connectivity index (χ3n) is 3.35. The zero-order valence-electron chi connectivity index (χ0n) is 10.7. The summed E-state index contributed by atoms with van der Waals surface area (Å²) in [6.45, 7) is 5.57. The van der Waals surface area contributed by atoms with E-state index in [1.807, 2.05) is 26.8 Å². The molecule has 1 heterocycles. The molecule has 5 heteroatoms. The van der Waals surface area contributed by atoms with Crippen molar-refractivity contribution in [2.24, 2.45) is 11.8 Å². The number of hydrogen-bond donors (Lipinski definition) is 2. The summed E-state index contributed by atoms with van der Waals surface area (Å²) in [5, 5.41) is 11.6. The van der Waals surface area contributed by atoms with Crippen molar-refractivity contribution in [3.8, 4) is 0 Å². The number of aliphatic carboxylic acids is 1. The number of aryl methyl sites for hydroxylation is 2. The Balaban J connectivity index is 1.96. The van der Waals surface area contributed by atoms with Crippen LogP contribution in [0.4, 0.5) is 0 Å². The lowest BCUT2D eigenvalue weighted by Crippen LogP contribution is -2.29. The van der Waals surface area contributed by atoms with Crippen molar-refractivity contribution in [1.82, 2.24) is 5.32 Å². The maximum absolute atomic E-state index is 11.8. The summed E-state index contributed by atoms with van der Waals surface area (Å²) in [7, 11) is 0. The highest BCUT2D eigenvalue weighted by Crippen LogP contribution is 2.39. The molecule has 1 aliphatic carbocycles. The van der Waals surface area contributed by atoms with Gasteiger partial charge in [-0.1, -0.05) is 0 Å². The average Bonchev–Trinajstić information content (AvgIpc) is 2.99. The van der Waals surface area contributed by atoms with Crippen LogP contribution in [-0.2, 0) is 9.59 Å². The Hall–Kier alpha value is -1.78. The minimum Gasteiger partial charge on any atom is -0.481 e. The molecule has 2 N–H and O–H groups in total. The Bertz CT molecular complexity index is 491. The fraction of sp³-hybridized carbons (Fsp3) is 0.538. The summed E-state index contributed by atoms with van der Waals surface area (Å²) in [4.78, 5) is 22.5. The summed E-state index contributed by atoms with van der Waals surface area (Å²) in [6.07, 6.45) is 0.442. The van der Waals surface area contributed by atoms with E-state index in [-0.39, 0.29) is 17.9 Å². The molecule has 18 heavy (non-hydrogen) atoms. The molecular weight excluding hydrogens is 234 g/mol. The van der Waals surface area contributed by atoms with Crippen LogP contribution in [0.15, 0.2) is 10.5 Å². The SMILES string of the molecule is Cc1cc([C@H](C)NC(=O)[C@H]2C[C@H]2C(=O)O)c(C)o1. The van der Waals surface area contributed by atoms with E-state index in [0.29, 0.717) is 6.42 Å². The van der Waals surface area contributed by atoms with Gasteiger partial charge in [0.05, 0.1) is 17.9 Å². The fourth-order valence-corrected chi connectivity index (χ4v) is 2.24. The molecule has 3 atom stereocenters. The van der Waals surface area contributed by atoms with Gasteiger partial charge in [-0.05, 0) is 33.3 Å². The maximum atomic E-state index is 11.8. The molecule has 0 aliphatic heterocycles. The van der Waals surface area contributed by atoms with E-state index in [4.69, 9.17) is 9.52 Å². The van der Waals surface area contributed by atoms with Gasteiger partial charge in [-0.15, -0.1) is 0 Å². The molecule has 0 aromatic carbocycles. The van der Waals surface area contributed by atoms with Crippen molar-refractivity contribution in [3.63, 3.8) is 0 Å². The number of furan rings is 1. The number of carboxylic acid groups (broad SMARTS) is 1. The van der Waals surface area contributed by atoms with Crippen LogP contribution < -0.4 is 5.32 Å². The second-order valence-electron chi connectivity index (χ2n) is 4.89. The van der Waals surface area contributed by atoms with Crippen LogP contribution in [0, 0.1) is 25.7 Å². The Labute approximate surface area is 105 Å². The van der Waals surface area contributed by atoms with Gasteiger partial charge in [0.2, 0.25) is 5.91 Å². The van der Waals surface area contributed by atoms with Crippen LogP contribution in [0.2, 0.25) is 0 Å². The third-order valence-corrected chi connectivity index (χ3v) is 3.35. The molecule has 0 spiro atoms. The molecule has 1 aliphatic rings. The minimum absolute atomic E-state index is 0.162. The van der Waals surface area contributed by atoms with Crippen LogP contribution in [0.3, 0.4) is 0 Å². The number of amides is 1. The zero-order valence-corrected chi connectivity index (χ0v) is 10.7. The molecule has 1 fully saturated rings. The number of carbonyl (C=O) groups excluding carboxylic acids is 1. The van der Waals surface area contributed by atoms with Crippen LogP contribution in [-0.4, -0.2) is 17.0 Å². The van der Waals surface area contributed by atoms with Gasteiger partial charge < -0.3 is 14.8 Å². The molecule has 0 radical (unpaired) electrons. The van der Waals surface area contributed by atoms with E-state index in [1.54, 1.807) is 0 Å². The van der Waals surface area contributed by atoms with Crippen LogP contribution in [0.1, 0.15) is 36.5 Å². The van der Waals surface area contributed by atoms with E-state index in [1.165, 1.54) is 0 Å². The summed E-state index contributed by atoms with van der Waals surface area (Å²) in [5.74, 6) is -0.377. The van der Waals surface area contributed by atoms with Crippen molar-refractivity contribution in [2.75, 3.05) is 0 Å². The van der Waals surface area contributed by atoms with Gasteiger partial charge in [0.1, 0.15) is 11.5 Å². The van der Waals surface area contributed by atoms with Crippen LogP contribution >= 0.6 is 0 Å². The molecular formula is C13H17NO4. The molecule has 1 aromatic rings. The van der Waals surface area contributed by atoms with Crippen molar-refractivity contribution >= 4 is 11.9 Å². The highest BCUT2D eigenvalue weighted by atomic mass is 16.4. The number of carboxylic acids is 1. The first-order valence-corrected chi connectivity index (χ1v) is 6.00. The van der Waals surface area contributed by atoms with Crippen molar-refractivity contribution in [3.05, 3.63) is 23.2 Å². The monoisotopic (exact) mass is 251 g/mol. The van der Waals surface area contributed by atoms with Crippen molar-refractivity contribution in [2.45, 2.75) is 33.2 Å². The Morgan fingerprint density at radius 1 is 1.44 bits per heavy atom. The Kier molecular flexibility index (Phi) is 3.15. The first-order valence-electron chi connectivity index (χ1n) is 6.00. The van der Waals surface area contributed by atoms with Gasteiger partial charge in [-0.25, -0.2) is 0 Å². The summed E-state index contributed by atoms with van der Waals surface area (Å²) in [5.41, 5.74) is 0.938. The van der Waals surface area contributed by atoms with E-state index in [9.17, 15) is 9.59 Å². The predicted molar refractivity (Wildman–Crippen MR) is 64.0 cm³/mol. The van der Waals surface area contributed by atoms with Crippen molar-refractivity contribution < 1.29 is 19.1 Å². The lowest BCUT2D eigenvalue weighted by atomic mass is 10.1. The third kappa shape index (κ3) is 2.39. The second-order valence-corrected chi connectivity index (χ2v) is 4.89. The smallest absolute Gasteiger partial charge is 0.307 e. The van der Waals surface area contributed by atoms with Gasteiger partial charge in [0.15, 0.2) is 0 Å². The molecule has 98 valence electrons. The summed E-state index contributed by atoms with van der Waals surface area (Å²) < 4.78 is 5.41. The lowest BCUT2D eigenvalue weighted by molar-refractivity contribution is -0.140. The first kappa shape index (κ1) is 12.7. The van der Waals surface area contributed by atoms with E-state index in [0.717, 1.165) is 17.1 Å². The van der Waals surface area contributed by atoms with Crippen molar-refractivity contribution in [1.29, 1.82) is 0 Å². The maximum Gasteiger partial charge on any atom is 0.307 e. The average molecular weight is 251 g/mol. The van der Waals surface area contributed by atoms with E-state index in [2.05, 4.69) is 5.32 Å². The molecule has 5 nitrogen and oxygen atoms in total. The van der Waals surface area contributed by atoms with Crippen LogP contribution in [0.25, 0.3) is 0 Å². The predicted octanol–water partition coefficient (Wildman–Crippen LogP) is 1.79. The standard InChI is InChI=1S/C13H17NO4/c1-6-4-9(8(3)18-6)7(2)14-12(15)10-5-11(10)13(16)17/h4,7,10-11H,5H2,1-3H3,(H,14,15)(H,16,17)/t7-,10-,11+/m0/s1. The van der Waals surface area contributed by atoms with Gasteiger partial charge in [-0.2, -0.15) is 0 Å². The van der Waals surface area contributed by atoms with Gasteiger partial charge in [-0.3, -0.25) is 9.59 Å². The lowest BCUT2D eigenvalue weighted by Gasteiger charge is -2.12. The normalized spacial score (nSPS) is 23.5. The molecule has 1 amide bonds. The molecule has 0 bridgehead atoms. The molecule has 0 saturated heterocycles. The summed E-state index contributed by atoms with van der Waals surface area (Å²) >= 11 is 0. The number of rotatable bonds is 4. The molecule has 2 rings (SSSR count). The first-order chi connectivity index (χ1) is 8.40. The molecule has 1 saturated carbocycles. The fourth-order valence-electron chi connectivity index (χ4n) is 2.24. The topological polar surface area (TPSA) is 79.5 Å². The van der Waals surface area contributed by atoms with Gasteiger partial charge >= 0.3 is 5.97 Å². The van der Waals surface area contributed by atoms with E-state index < -0.39 is 11.9 Å². The quantitative estimate of drug-likeness (QED) is 0.855. The zero-order chi connectivity index (χ0) is 13.4. The minimum atomic E-state index is -0.891. The Morgan fingerprint density at radius 3 is 2.56 bits per heavy atom. The largest absolute Gasteiger partial charge is 0.481 e. The van der Waals surface area contributed by atoms with Gasteiger partial charge in [0, 0.05) is 5.56 Å². The van der Waals surface area contributed by atoms with E-state index >= 15 is 0 Å². The highest BCUT2D eigenvalue weighted by Gasteiger charge is 2.48. The second kappa shape index (κ2) is 4.48. The summed E-state index contributed by atoms with van der Waals surface area (Å²) in [6, 6.07) is 1.73. The number of nitrogens with one attached hydrogen (secondary N) is 1. The number of hydrogen-bond acceptors (Lipinski definition) is 3.